The number of methoxy groups -OCH3 is 2. The average Bonchev–Trinajstić information content (AvgIpc) is 2.65. The van der Waals surface area contributed by atoms with Crippen molar-refractivity contribution in [3.63, 3.8) is 0 Å². The summed E-state index contributed by atoms with van der Waals surface area (Å²) in [6, 6.07) is 19.3. The summed E-state index contributed by atoms with van der Waals surface area (Å²) >= 11 is 0. The quantitative estimate of drug-likeness (QED) is 0.732. The van der Waals surface area contributed by atoms with E-state index in [1.807, 2.05) is 60.7 Å². The van der Waals surface area contributed by atoms with E-state index in [9.17, 15) is 9.59 Å². The molecule has 24 heavy (non-hydrogen) atoms. The first-order valence-corrected chi connectivity index (χ1v) is 7.89. The molecule has 2 rings (SSSR count). The number of esters is 2. The third kappa shape index (κ3) is 4.69. The summed E-state index contributed by atoms with van der Waals surface area (Å²) < 4.78 is 9.84. The van der Waals surface area contributed by atoms with Crippen LogP contribution in [0.25, 0.3) is 0 Å². The minimum absolute atomic E-state index is 0.132. The van der Waals surface area contributed by atoms with Crippen molar-refractivity contribution in [1.29, 1.82) is 0 Å². The fourth-order valence-corrected chi connectivity index (χ4v) is 2.86. The maximum atomic E-state index is 12.4. The number of ether oxygens (including phenoxy) is 2. The smallest absolute Gasteiger partial charge is 0.309 e. The molecule has 2 atom stereocenters. The van der Waals surface area contributed by atoms with Gasteiger partial charge in [-0.15, -0.1) is 0 Å². The van der Waals surface area contributed by atoms with E-state index in [0.29, 0.717) is 6.42 Å². The maximum Gasteiger partial charge on any atom is 0.309 e. The number of benzene rings is 2. The Kier molecular flexibility index (Phi) is 6.55. The fraction of sp³-hybridized carbons (Fsp3) is 0.300. The second-order valence-electron chi connectivity index (χ2n) is 5.62. The normalized spacial score (nSPS) is 12.9. The molecule has 0 aliphatic carbocycles. The molecule has 0 N–H and O–H groups in total. The molecule has 0 aromatic heterocycles. The first-order chi connectivity index (χ1) is 11.7. The first-order valence-electron chi connectivity index (χ1n) is 7.89. The molecule has 0 heterocycles. The van der Waals surface area contributed by atoms with Crippen LogP contribution in [-0.4, -0.2) is 26.2 Å². The van der Waals surface area contributed by atoms with Crippen LogP contribution < -0.4 is 0 Å². The summed E-state index contributed by atoms with van der Waals surface area (Å²) in [5.41, 5.74) is 1.95. The molecule has 0 aliphatic rings. The lowest BCUT2D eigenvalue weighted by atomic mass is 9.80. The molecule has 0 fully saturated rings. The summed E-state index contributed by atoms with van der Waals surface area (Å²) in [4.78, 5) is 24.3. The van der Waals surface area contributed by atoms with Gasteiger partial charge in [-0.25, -0.2) is 0 Å². The predicted molar refractivity (Wildman–Crippen MR) is 91.5 cm³/mol. The number of carbonyl (C=O) groups excluding carboxylic acids is 2. The minimum Gasteiger partial charge on any atom is -0.469 e. The number of carbonyl (C=O) groups is 2. The Hall–Kier alpha value is -2.62. The summed E-state index contributed by atoms with van der Waals surface area (Å²) in [7, 11) is 2.73. The van der Waals surface area contributed by atoms with Gasteiger partial charge in [-0.3, -0.25) is 9.59 Å². The zero-order chi connectivity index (χ0) is 17.4. The van der Waals surface area contributed by atoms with E-state index < -0.39 is 5.92 Å². The van der Waals surface area contributed by atoms with Gasteiger partial charge in [0.05, 0.1) is 26.6 Å². The standard InChI is InChI=1S/C20H22O4/c1-23-19(21)14-17(16-11-7-4-8-12-16)18(20(22)24-2)13-15-9-5-3-6-10-15/h3-12,17-18H,13-14H2,1-2H3/t17-,18+/m0/s1. The van der Waals surface area contributed by atoms with Crippen molar-refractivity contribution >= 4 is 11.9 Å². The molecule has 0 aliphatic heterocycles. The number of hydrogen-bond acceptors (Lipinski definition) is 4. The molecule has 0 amide bonds. The second kappa shape index (κ2) is 8.87. The third-order valence-corrected chi connectivity index (χ3v) is 4.13. The zero-order valence-corrected chi connectivity index (χ0v) is 14.0. The Morgan fingerprint density at radius 1 is 0.875 bits per heavy atom. The third-order valence-electron chi connectivity index (χ3n) is 4.13. The highest BCUT2D eigenvalue weighted by molar-refractivity contribution is 5.77. The molecule has 2 aromatic rings. The van der Waals surface area contributed by atoms with Crippen molar-refractivity contribution < 1.29 is 19.1 Å². The highest BCUT2D eigenvalue weighted by Crippen LogP contribution is 2.32. The van der Waals surface area contributed by atoms with E-state index in [2.05, 4.69) is 0 Å². The van der Waals surface area contributed by atoms with Gasteiger partial charge < -0.3 is 9.47 Å². The lowest BCUT2D eigenvalue weighted by Gasteiger charge is -2.25. The summed E-state index contributed by atoms with van der Waals surface area (Å²) in [6.07, 6.45) is 0.636. The zero-order valence-electron chi connectivity index (χ0n) is 14.0. The van der Waals surface area contributed by atoms with Crippen molar-refractivity contribution in [2.24, 2.45) is 5.92 Å². The molecule has 0 bridgehead atoms. The van der Waals surface area contributed by atoms with Gasteiger partial charge in [-0.05, 0) is 17.5 Å². The van der Waals surface area contributed by atoms with Gasteiger partial charge in [0.2, 0.25) is 0 Å². The first kappa shape index (κ1) is 17.7. The van der Waals surface area contributed by atoms with E-state index >= 15 is 0 Å². The lowest BCUT2D eigenvalue weighted by Crippen LogP contribution is -2.28. The number of hydrogen-bond donors (Lipinski definition) is 0. The van der Waals surface area contributed by atoms with Crippen LogP contribution in [0.15, 0.2) is 60.7 Å². The van der Waals surface area contributed by atoms with Crippen LogP contribution in [0, 0.1) is 5.92 Å². The second-order valence-corrected chi connectivity index (χ2v) is 5.62. The lowest BCUT2D eigenvalue weighted by molar-refractivity contribution is -0.147. The number of rotatable bonds is 7. The predicted octanol–water partition coefficient (Wildman–Crippen LogP) is 3.37. The van der Waals surface area contributed by atoms with Gasteiger partial charge in [0.1, 0.15) is 0 Å². The molecule has 2 aromatic carbocycles. The summed E-state index contributed by atoms with van der Waals surface area (Å²) in [5, 5.41) is 0. The van der Waals surface area contributed by atoms with Crippen LogP contribution in [-0.2, 0) is 25.5 Å². The molecule has 4 nitrogen and oxygen atoms in total. The van der Waals surface area contributed by atoms with Crippen LogP contribution in [0.5, 0.6) is 0 Å². The monoisotopic (exact) mass is 326 g/mol. The summed E-state index contributed by atoms with van der Waals surface area (Å²) in [6.45, 7) is 0. The van der Waals surface area contributed by atoms with E-state index in [1.54, 1.807) is 0 Å². The topological polar surface area (TPSA) is 52.6 Å². The van der Waals surface area contributed by atoms with Gasteiger partial charge in [-0.1, -0.05) is 60.7 Å². The Morgan fingerprint density at radius 3 is 2.00 bits per heavy atom. The van der Waals surface area contributed by atoms with Crippen molar-refractivity contribution in [3.05, 3.63) is 71.8 Å². The summed E-state index contributed by atoms with van der Waals surface area (Å²) in [5.74, 6) is -1.42. The van der Waals surface area contributed by atoms with Gasteiger partial charge in [0, 0.05) is 5.92 Å². The Labute approximate surface area is 142 Å². The molecular formula is C20H22O4. The van der Waals surface area contributed by atoms with Crippen molar-refractivity contribution in [1.82, 2.24) is 0 Å². The molecule has 0 unspecified atom stereocenters. The largest absolute Gasteiger partial charge is 0.469 e. The van der Waals surface area contributed by atoms with E-state index in [0.717, 1.165) is 11.1 Å². The SMILES string of the molecule is COC(=O)C[C@@H](c1ccccc1)[C@@H](Cc1ccccc1)C(=O)OC. The van der Waals surface area contributed by atoms with Crippen molar-refractivity contribution in [2.45, 2.75) is 18.8 Å². The maximum absolute atomic E-state index is 12.4. The molecule has 0 spiro atoms. The molecule has 0 radical (unpaired) electrons. The van der Waals surface area contributed by atoms with Gasteiger partial charge in [0.15, 0.2) is 0 Å². The van der Waals surface area contributed by atoms with Crippen molar-refractivity contribution in [3.8, 4) is 0 Å². The van der Waals surface area contributed by atoms with Crippen LogP contribution >= 0.6 is 0 Å². The Morgan fingerprint density at radius 2 is 1.46 bits per heavy atom. The Bertz CT molecular complexity index is 652. The van der Waals surface area contributed by atoms with E-state index in [1.165, 1.54) is 14.2 Å². The van der Waals surface area contributed by atoms with Crippen LogP contribution in [0.3, 0.4) is 0 Å². The van der Waals surface area contributed by atoms with Crippen LogP contribution in [0.1, 0.15) is 23.5 Å². The highest BCUT2D eigenvalue weighted by atomic mass is 16.5. The van der Waals surface area contributed by atoms with Crippen LogP contribution in [0.2, 0.25) is 0 Å². The molecule has 0 saturated carbocycles. The van der Waals surface area contributed by atoms with E-state index in [-0.39, 0.29) is 24.3 Å². The molecule has 126 valence electrons. The average molecular weight is 326 g/mol. The van der Waals surface area contributed by atoms with Gasteiger partial charge >= 0.3 is 11.9 Å². The van der Waals surface area contributed by atoms with E-state index in [4.69, 9.17) is 9.47 Å². The van der Waals surface area contributed by atoms with Gasteiger partial charge in [-0.2, -0.15) is 0 Å². The molecule has 0 saturated heterocycles. The highest BCUT2D eigenvalue weighted by Gasteiger charge is 2.32. The van der Waals surface area contributed by atoms with Crippen molar-refractivity contribution in [2.75, 3.05) is 14.2 Å². The minimum atomic E-state index is -0.459. The van der Waals surface area contributed by atoms with Gasteiger partial charge in [0.25, 0.3) is 0 Å². The molecular weight excluding hydrogens is 304 g/mol. The van der Waals surface area contributed by atoms with Crippen LogP contribution in [0.4, 0.5) is 0 Å². The fourth-order valence-electron chi connectivity index (χ4n) is 2.86. The molecule has 4 heteroatoms. The Balaban J connectivity index is 2.36.